The summed E-state index contributed by atoms with van der Waals surface area (Å²) in [4.78, 5) is 11.5. The maximum Gasteiger partial charge on any atom is 0.321 e. The molecule has 3 nitrogen and oxygen atoms in total. The Labute approximate surface area is 179 Å². The number of hydrogen-bond donors (Lipinski definition) is 2. The molecule has 30 heavy (non-hydrogen) atoms. The number of hydrogen-bond acceptors (Lipinski definition) is 3. The van der Waals surface area contributed by atoms with Crippen molar-refractivity contribution >= 4 is 28.5 Å². The highest BCUT2D eigenvalue weighted by molar-refractivity contribution is 8.00. The van der Waals surface area contributed by atoms with Crippen molar-refractivity contribution in [2.75, 3.05) is 5.75 Å². The van der Waals surface area contributed by atoms with E-state index in [2.05, 4.69) is 84.9 Å². The van der Waals surface area contributed by atoms with E-state index in [1.807, 2.05) is 6.07 Å². The standard InChI is InChI=1S/C26H21NO2S/c27-24(25(28)29)16-30-26(21-15-7-9-17-8-1-2-10-18(17)21)22-13-5-3-11-19(22)20-12-4-6-14-23(20)26/h1-15,24H,16,27H2,(H,28,29)/t24-/m0/s1. The fourth-order valence-corrected chi connectivity index (χ4v) is 6.11. The Bertz CT molecular complexity index is 1220. The van der Waals surface area contributed by atoms with Gasteiger partial charge >= 0.3 is 5.97 Å². The van der Waals surface area contributed by atoms with E-state index in [0.29, 0.717) is 5.75 Å². The summed E-state index contributed by atoms with van der Waals surface area (Å²) < 4.78 is -0.527. The third-order valence-electron chi connectivity index (χ3n) is 5.87. The Morgan fingerprint density at radius 3 is 2.00 bits per heavy atom. The molecule has 0 saturated carbocycles. The summed E-state index contributed by atoms with van der Waals surface area (Å²) in [7, 11) is 0. The molecule has 1 aliphatic rings. The topological polar surface area (TPSA) is 63.3 Å². The Hall–Kier alpha value is -3.08. The zero-order chi connectivity index (χ0) is 20.7. The average Bonchev–Trinajstić information content (AvgIpc) is 3.08. The number of nitrogens with two attached hydrogens (primary N) is 1. The lowest BCUT2D eigenvalue weighted by Crippen LogP contribution is -2.35. The quantitative estimate of drug-likeness (QED) is 0.470. The van der Waals surface area contributed by atoms with E-state index in [0.717, 1.165) is 0 Å². The molecule has 148 valence electrons. The first-order chi connectivity index (χ1) is 14.6. The number of aliphatic carboxylic acids is 1. The van der Waals surface area contributed by atoms with Gasteiger partial charge in [-0.15, -0.1) is 11.8 Å². The van der Waals surface area contributed by atoms with Gasteiger partial charge in [0.1, 0.15) is 6.04 Å². The normalized spacial score (nSPS) is 14.8. The minimum absolute atomic E-state index is 0.307. The van der Waals surface area contributed by atoms with Crippen molar-refractivity contribution in [3.05, 3.63) is 108 Å². The Kier molecular flexibility index (Phi) is 4.61. The van der Waals surface area contributed by atoms with Crippen LogP contribution in [0.4, 0.5) is 0 Å². The fourth-order valence-electron chi connectivity index (χ4n) is 4.54. The van der Waals surface area contributed by atoms with Crippen LogP contribution in [0, 0.1) is 0 Å². The Morgan fingerprint density at radius 2 is 1.33 bits per heavy atom. The Balaban J connectivity index is 1.84. The summed E-state index contributed by atoms with van der Waals surface area (Å²) >= 11 is 1.62. The third-order valence-corrected chi connectivity index (χ3v) is 7.49. The summed E-state index contributed by atoms with van der Waals surface area (Å²) in [6.07, 6.45) is 0. The Morgan fingerprint density at radius 1 is 0.800 bits per heavy atom. The van der Waals surface area contributed by atoms with Gasteiger partial charge in [-0.05, 0) is 38.6 Å². The second-order valence-corrected chi connectivity index (χ2v) is 8.79. The molecule has 0 heterocycles. The summed E-state index contributed by atoms with van der Waals surface area (Å²) in [6, 6.07) is 30.7. The predicted octanol–water partition coefficient (Wildman–Crippen LogP) is 5.26. The molecule has 0 amide bonds. The molecule has 3 N–H and O–H groups in total. The van der Waals surface area contributed by atoms with Crippen LogP contribution < -0.4 is 5.73 Å². The number of thioether (sulfide) groups is 1. The highest BCUT2D eigenvalue weighted by atomic mass is 32.2. The van der Waals surface area contributed by atoms with Crippen LogP contribution in [0.3, 0.4) is 0 Å². The van der Waals surface area contributed by atoms with Crippen molar-refractivity contribution in [3.63, 3.8) is 0 Å². The zero-order valence-corrected chi connectivity index (χ0v) is 17.1. The van der Waals surface area contributed by atoms with Crippen LogP contribution in [0.5, 0.6) is 0 Å². The highest BCUT2D eigenvalue weighted by Crippen LogP contribution is 2.59. The molecular weight excluding hydrogens is 390 g/mol. The average molecular weight is 412 g/mol. The number of carbonyl (C=O) groups is 1. The zero-order valence-electron chi connectivity index (χ0n) is 16.3. The van der Waals surface area contributed by atoms with Crippen LogP contribution in [0.1, 0.15) is 16.7 Å². The molecule has 0 spiro atoms. The molecule has 0 unspecified atom stereocenters. The van der Waals surface area contributed by atoms with Gasteiger partial charge in [0.25, 0.3) is 0 Å². The third kappa shape index (κ3) is 2.76. The van der Waals surface area contributed by atoms with Crippen LogP contribution in [-0.4, -0.2) is 22.9 Å². The van der Waals surface area contributed by atoms with Crippen LogP contribution in [0.25, 0.3) is 21.9 Å². The lowest BCUT2D eigenvalue weighted by atomic mass is 9.85. The van der Waals surface area contributed by atoms with Crippen molar-refractivity contribution in [2.45, 2.75) is 10.8 Å². The summed E-state index contributed by atoms with van der Waals surface area (Å²) in [5.41, 5.74) is 11.9. The van der Waals surface area contributed by atoms with Gasteiger partial charge in [0.15, 0.2) is 0 Å². The number of carboxylic acid groups (broad SMARTS) is 1. The predicted molar refractivity (Wildman–Crippen MR) is 124 cm³/mol. The van der Waals surface area contributed by atoms with E-state index in [1.54, 1.807) is 11.8 Å². The van der Waals surface area contributed by atoms with Gasteiger partial charge in [-0.2, -0.15) is 0 Å². The van der Waals surface area contributed by atoms with Gasteiger partial charge in [0.05, 0.1) is 4.75 Å². The molecule has 0 fully saturated rings. The molecule has 0 saturated heterocycles. The number of rotatable bonds is 5. The van der Waals surface area contributed by atoms with Crippen molar-refractivity contribution in [1.29, 1.82) is 0 Å². The molecule has 0 bridgehead atoms. The van der Waals surface area contributed by atoms with Crippen LogP contribution in [-0.2, 0) is 9.54 Å². The van der Waals surface area contributed by atoms with E-state index in [-0.39, 0.29) is 0 Å². The molecule has 1 aliphatic carbocycles. The lowest BCUT2D eigenvalue weighted by molar-refractivity contribution is -0.137. The smallest absolute Gasteiger partial charge is 0.321 e. The fraction of sp³-hybridized carbons (Fsp3) is 0.115. The summed E-state index contributed by atoms with van der Waals surface area (Å²) in [5, 5.41) is 11.8. The lowest BCUT2D eigenvalue weighted by Gasteiger charge is -2.34. The highest BCUT2D eigenvalue weighted by Gasteiger charge is 2.46. The SMILES string of the molecule is N[C@@H](CSC1(c2cccc3ccccc23)c2ccccc2-c2ccccc21)C(=O)O. The molecule has 4 aromatic carbocycles. The maximum atomic E-state index is 11.5. The van der Waals surface area contributed by atoms with E-state index < -0.39 is 16.8 Å². The first-order valence-corrected chi connectivity index (χ1v) is 10.9. The second-order valence-electron chi connectivity index (χ2n) is 7.55. The van der Waals surface area contributed by atoms with Crippen molar-refractivity contribution < 1.29 is 9.90 Å². The van der Waals surface area contributed by atoms with Crippen molar-refractivity contribution in [1.82, 2.24) is 0 Å². The first kappa shape index (κ1) is 18.9. The largest absolute Gasteiger partial charge is 0.480 e. The molecule has 4 aromatic rings. The molecule has 0 aliphatic heterocycles. The number of benzene rings is 4. The molecule has 5 rings (SSSR count). The minimum atomic E-state index is -0.977. The maximum absolute atomic E-state index is 11.5. The van der Waals surface area contributed by atoms with E-state index in [1.165, 1.54) is 38.6 Å². The minimum Gasteiger partial charge on any atom is -0.480 e. The molecular formula is C26H21NO2S. The summed E-state index contributed by atoms with van der Waals surface area (Å²) in [6.45, 7) is 0. The van der Waals surface area contributed by atoms with E-state index in [9.17, 15) is 9.90 Å². The van der Waals surface area contributed by atoms with Gasteiger partial charge in [0, 0.05) is 5.75 Å². The number of fused-ring (bicyclic) bond motifs is 4. The molecule has 4 heteroatoms. The summed E-state index contributed by atoms with van der Waals surface area (Å²) in [5.74, 6) is -0.670. The first-order valence-electron chi connectivity index (χ1n) is 9.93. The van der Waals surface area contributed by atoms with Gasteiger partial charge in [-0.3, -0.25) is 4.79 Å². The number of carboxylic acids is 1. The van der Waals surface area contributed by atoms with Crippen LogP contribution in [0.2, 0.25) is 0 Å². The molecule has 0 radical (unpaired) electrons. The van der Waals surface area contributed by atoms with Gasteiger partial charge in [-0.1, -0.05) is 91.0 Å². The molecule has 0 aromatic heterocycles. The van der Waals surface area contributed by atoms with Crippen LogP contribution in [0.15, 0.2) is 91.0 Å². The van der Waals surface area contributed by atoms with Crippen molar-refractivity contribution in [2.24, 2.45) is 5.73 Å². The van der Waals surface area contributed by atoms with Crippen LogP contribution >= 0.6 is 11.8 Å². The van der Waals surface area contributed by atoms with Crippen molar-refractivity contribution in [3.8, 4) is 11.1 Å². The van der Waals surface area contributed by atoms with E-state index in [4.69, 9.17) is 5.73 Å². The monoisotopic (exact) mass is 411 g/mol. The van der Waals surface area contributed by atoms with Gasteiger partial charge in [-0.25, -0.2) is 0 Å². The second kappa shape index (κ2) is 7.31. The van der Waals surface area contributed by atoms with E-state index >= 15 is 0 Å². The molecule has 1 atom stereocenters. The van der Waals surface area contributed by atoms with Gasteiger partial charge < -0.3 is 10.8 Å². The van der Waals surface area contributed by atoms with Gasteiger partial charge in [0.2, 0.25) is 0 Å².